The second-order valence-corrected chi connectivity index (χ2v) is 8.03. The highest BCUT2D eigenvalue weighted by atomic mass is 32.2. The van der Waals surface area contributed by atoms with Gasteiger partial charge in [-0.25, -0.2) is 8.42 Å². The number of methoxy groups -OCH3 is 1. The molecule has 0 aromatic heterocycles. The van der Waals surface area contributed by atoms with E-state index in [0.29, 0.717) is 11.3 Å². The molecule has 6 nitrogen and oxygen atoms in total. The number of benzene rings is 2. The molecule has 0 radical (unpaired) electrons. The number of hydrogen-bond acceptors (Lipinski definition) is 4. The summed E-state index contributed by atoms with van der Waals surface area (Å²) in [6.45, 7) is 1.67. The lowest BCUT2D eigenvalue weighted by Gasteiger charge is -2.22. The third-order valence-corrected chi connectivity index (χ3v) is 5.20. The van der Waals surface area contributed by atoms with Gasteiger partial charge in [0.2, 0.25) is 15.9 Å². The first-order valence-corrected chi connectivity index (χ1v) is 10.1. The summed E-state index contributed by atoms with van der Waals surface area (Å²) in [5, 5.41) is 2.84. The second kappa shape index (κ2) is 8.82. The Labute approximate surface area is 154 Å². The predicted octanol–water partition coefficient (Wildman–Crippen LogP) is 2.33. The summed E-state index contributed by atoms with van der Waals surface area (Å²) in [6, 6.07) is 16.4. The summed E-state index contributed by atoms with van der Waals surface area (Å²) < 4.78 is 30.7. The molecule has 0 aliphatic heterocycles. The van der Waals surface area contributed by atoms with Crippen LogP contribution in [0.3, 0.4) is 0 Å². The summed E-state index contributed by atoms with van der Waals surface area (Å²) in [4.78, 5) is 12.4. The number of nitrogens with one attached hydrogen (secondary N) is 1. The maximum atomic E-state index is 12.4. The van der Waals surface area contributed by atoms with E-state index < -0.39 is 10.0 Å². The molecule has 0 heterocycles. The molecule has 0 saturated carbocycles. The molecule has 0 fully saturated rings. The van der Waals surface area contributed by atoms with Gasteiger partial charge in [0.05, 0.1) is 26.0 Å². The summed E-state index contributed by atoms with van der Waals surface area (Å²) in [6.07, 6.45) is 1.09. The molecule has 0 bridgehead atoms. The van der Waals surface area contributed by atoms with Crippen LogP contribution in [0.4, 0.5) is 0 Å². The predicted molar refractivity (Wildman–Crippen MR) is 101 cm³/mol. The molecule has 0 spiro atoms. The summed E-state index contributed by atoms with van der Waals surface area (Å²) >= 11 is 0. The van der Waals surface area contributed by atoms with Crippen LogP contribution in [-0.4, -0.2) is 38.5 Å². The Morgan fingerprint density at radius 1 is 1.12 bits per heavy atom. The first-order valence-electron chi connectivity index (χ1n) is 8.22. The highest BCUT2D eigenvalue weighted by molar-refractivity contribution is 7.88. The fraction of sp³-hybridized carbons (Fsp3) is 0.316. The van der Waals surface area contributed by atoms with Gasteiger partial charge in [0.1, 0.15) is 5.75 Å². The topological polar surface area (TPSA) is 75.7 Å². The molecule has 0 saturated heterocycles. The van der Waals surface area contributed by atoms with Crippen LogP contribution < -0.4 is 10.1 Å². The number of amides is 1. The Balaban J connectivity index is 2.09. The lowest BCUT2D eigenvalue weighted by Crippen LogP contribution is -2.40. The molecule has 140 valence electrons. The SMILES string of the molecule is COc1ccccc1CN(CC(=O)NC(C)c1ccccc1)S(C)(=O)=O. The quantitative estimate of drug-likeness (QED) is 0.767. The van der Waals surface area contributed by atoms with Crippen LogP contribution in [-0.2, 0) is 21.4 Å². The number of nitrogens with zero attached hydrogens (tertiary/aromatic N) is 1. The molecule has 2 aromatic carbocycles. The van der Waals surface area contributed by atoms with Gasteiger partial charge in [0.25, 0.3) is 0 Å². The second-order valence-electron chi connectivity index (χ2n) is 6.04. The van der Waals surface area contributed by atoms with Gasteiger partial charge in [-0.3, -0.25) is 4.79 Å². The van der Waals surface area contributed by atoms with Crippen molar-refractivity contribution < 1.29 is 17.9 Å². The van der Waals surface area contributed by atoms with Crippen LogP contribution in [0.1, 0.15) is 24.1 Å². The molecule has 1 amide bonds. The van der Waals surface area contributed by atoms with Crippen LogP contribution in [0.5, 0.6) is 5.75 Å². The van der Waals surface area contributed by atoms with Crippen molar-refractivity contribution in [3.63, 3.8) is 0 Å². The van der Waals surface area contributed by atoms with Gasteiger partial charge in [-0.05, 0) is 18.6 Å². The molecule has 2 rings (SSSR count). The van der Waals surface area contributed by atoms with E-state index in [2.05, 4.69) is 5.32 Å². The first-order chi connectivity index (χ1) is 12.3. The van der Waals surface area contributed by atoms with E-state index >= 15 is 0 Å². The van der Waals surface area contributed by atoms with Crippen molar-refractivity contribution in [2.24, 2.45) is 0 Å². The zero-order valence-corrected chi connectivity index (χ0v) is 16.0. The van der Waals surface area contributed by atoms with Crippen molar-refractivity contribution in [2.45, 2.75) is 19.5 Å². The number of carbonyl (C=O) groups is 1. The minimum Gasteiger partial charge on any atom is -0.496 e. The van der Waals surface area contributed by atoms with Gasteiger partial charge < -0.3 is 10.1 Å². The first kappa shape index (κ1) is 19.9. The fourth-order valence-corrected chi connectivity index (χ4v) is 3.31. The summed E-state index contributed by atoms with van der Waals surface area (Å²) in [7, 11) is -2.04. The number of carbonyl (C=O) groups excluding carboxylic acids is 1. The standard InChI is InChI=1S/C19H24N2O4S/c1-15(16-9-5-4-6-10-16)20-19(22)14-21(26(3,23)24)13-17-11-7-8-12-18(17)25-2/h4-12,15H,13-14H2,1-3H3,(H,20,22). The lowest BCUT2D eigenvalue weighted by atomic mass is 10.1. The molecule has 1 unspecified atom stereocenters. The van der Waals surface area contributed by atoms with Crippen LogP contribution in [0.2, 0.25) is 0 Å². The maximum Gasteiger partial charge on any atom is 0.235 e. The van der Waals surface area contributed by atoms with Crippen molar-refractivity contribution in [1.29, 1.82) is 0 Å². The Morgan fingerprint density at radius 3 is 2.35 bits per heavy atom. The monoisotopic (exact) mass is 376 g/mol. The van der Waals surface area contributed by atoms with E-state index in [4.69, 9.17) is 4.74 Å². The van der Waals surface area contributed by atoms with Crippen molar-refractivity contribution in [2.75, 3.05) is 19.9 Å². The van der Waals surface area contributed by atoms with Crippen LogP contribution in [0.25, 0.3) is 0 Å². The van der Waals surface area contributed by atoms with E-state index in [0.717, 1.165) is 16.1 Å². The third kappa shape index (κ3) is 5.57. The minimum atomic E-state index is -3.57. The average molecular weight is 376 g/mol. The number of rotatable bonds is 8. The van der Waals surface area contributed by atoms with Crippen LogP contribution >= 0.6 is 0 Å². The Hall–Kier alpha value is -2.38. The largest absolute Gasteiger partial charge is 0.496 e. The fourth-order valence-electron chi connectivity index (χ4n) is 2.59. The van der Waals surface area contributed by atoms with Crippen molar-refractivity contribution in [3.05, 3.63) is 65.7 Å². The zero-order valence-electron chi connectivity index (χ0n) is 15.2. The van der Waals surface area contributed by atoms with Crippen LogP contribution in [0, 0.1) is 0 Å². The van der Waals surface area contributed by atoms with Gasteiger partial charge in [0.15, 0.2) is 0 Å². The molecule has 26 heavy (non-hydrogen) atoms. The van der Waals surface area contributed by atoms with Crippen molar-refractivity contribution >= 4 is 15.9 Å². The third-order valence-electron chi connectivity index (χ3n) is 4.01. The van der Waals surface area contributed by atoms with E-state index in [1.54, 1.807) is 24.3 Å². The Bertz CT molecular complexity index is 838. The molecular weight excluding hydrogens is 352 g/mol. The molecule has 1 N–H and O–H groups in total. The average Bonchev–Trinajstić information content (AvgIpc) is 2.61. The Morgan fingerprint density at radius 2 is 1.73 bits per heavy atom. The molecule has 2 aromatic rings. The molecule has 0 aliphatic carbocycles. The zero-order chi connectivity index (χ0) is 19.2. The van der Waals surface area contributed by atoms with E-state index in [1.165, 1.54) is 7.11 Å². The van der Waals surface area contributed by atoms with E-state index in [9.17, 15) is 13.2 Å². The van der Waals surface area contributed by atoms with E-state index in [1.807, 2.05) is 37.3 Å². The molecule has 7 heteroatoms. The van der Waals surface area contributed by atoms with Crippen molar-refractivity contribution in [1.82, 2.24) is 9.62 Å². The van der Waals surface area contributed by atoms with Gasteiger partial charge >= 0.3 is 0 Å². The number of para-hydroxylation sites is 1. The summed E-state index contributed by atoms with van der Waals surface area (Å²) in [5.74, 6) is 0.223. The maximum absolute atomic E-state index is 12.4. The number of ether oxygens (including phenoxy) is 1. The normalized spacial score (nSPS) is 12.6. The molecule has 1 atom stereocenters. The van der Waals surface area contributed by atoms with Crippen LogP contribution in [0.15, 0.2) is 54.6 Å². The van der Waals surface area contributed by atoms with Gasteiger partial charge in [-0.15, -0.1) is 0 Å². The van der Waals surface area contributed by atoms with Gasteiger partial charge in [-0.2, -0.15) is 4.31 Å². The smallest absolute Gasteiger partial charge is 0.235 e. The Kier molecular flexibility index (Phi) is 6.76. The minimum absolute atomic E-state index is 0.0655. The summed E-state index contributed by atoms with van der Waals surface area (Å²) in [5.41, 5.74) is 1.65. The van der Waals surface area contributed by atoms with E-state index in [-0.39, 0.29) is 25.0 Å². The lowest BCUT2D eigenvalue weighted by molar-refractivity contribution is -0.122. The molecule has 0 aliphatic rings. The number of sulfonamides is 1. The molecular formula is C19H24N2O4S. The number of hydrogen-bond donors (Lipinski definition) is 1. The highest BCUT2D eigenvalue weighted by Gasteiger charge is 2.22. The highest BCUT2D eigenvalue weighted by Crippen LogP contribution is 2.20. The van der Waals surface area contributed by atoms with Crippen molar-refractivity contribution in [3.8, 4) is 5.75 Å². The van der Waals surface area contributed by atoms with Gasteiger partial charge in [-0.1, -0.05) is 48.5 Å². The van der Waals surface area contributed by atoms with Gasteiger partial charge in [0, 0.05) is 12.1 Å².